The van der Waals surface area contributed by atoms with Gasteiger partial charge in [-0.25, -0.2) is 0 Å². The zero-order valence-electron chi connectivity index (χ0n) is 13.7. The number of Topliss-reactive ketones (excluding diaryl/α,β-unsaturated/α-hetero) is 1. The molecule has 4 heteroatoms. The van der Waals surface area contributed by atoms with Crippen molar-refractivity contribution in [3.63, 3.8) is 0 Å². The molecule has 3 fully saturated rings. The molecule has 0 aromatic heterocycles. The molecule has 1 saturated carbocycles. The van der Waals surface area contributed by atoms with Crippen molar-refractivity contribution in [1.29, 1.82) is 0 Å². The summed E-state index contributed by atoms with van der Waals surface area (Å²) in [4.78, 5) is 14.9. The summed E-state index contributed by atoms with van der Waals surface area (Å²) in [6.07, 6.45) is 2.87. The van der Waals surface area contributed by atoms with Gasteiger partial charge in [-0.15, -0.1) is 0 Å². The molecule has 3 aliphatic rings. The molecule has 120 valence electrons. The SMILES string of the molecule is COc1ccc(C2C3CCC(CC3=O)N2CC(C)C)cc1N. The minimum atomic E-state index is 0.122. The van der Waals surface area contributed by atoms with Crippen LogP contribution in [-0.2, 0) is 4.79 Å². The second kappa shape index (κ2) is 5.92. The molecule has 2 aliphatic heterocycles. The molecule has 2 N–H and O–H groups in total. The van der Waals surface area contributed by atoms with Crippen molar-refractivity contribution in [2.45, 2.75) is 45.2 Å². The van der Waals surface area contributed by atoms with E-state index in [1.54, 1.807) is 7.11 Å². The number of methoxy groups -OCH3 is 1. The monoisotopic (exact) mass is 302 g/mol. The number of carbonyl (C=O) groups is 1. The Morgan fingerprint density at radius 2 is 2.14 bits per heavy atom. The van der Waals surface area contributed by atoms with E-state index in [0.717, 1.165) is 31.4 Å². The van der Waals surface area contributed by atoms with E-state index < -0.39 is 0 Å². The first-order valence-corrected chi connectivity index (χ1v) is 8.23. The van der Waals surface area contributed by atoms with Gasteiger partial charge in [-0.2, -0.15) is 0 Å². The number of nitrogen functional groups attached to an aromatic ring is 1. The van der Waals surface area contributed by atoms with Gasteiger partial charge in [-0.05, 0) is 36.5 Å². The highest BCUT2D eigenvalue weighted by molar-refractivity contribution is 5.84. The number of carbonyl (C=O) groups excluding carboxylic acids is 1. The van der Waals surface area contributed by atoms with Crippen molar-refractivity contribution in [2.24, 2.45) is 11.8 Å². The Morgan fingerprint density at radius 3 is 2.73 bits per heavy atom. The fourth-order valence-corrected chi connectivity index (χ4v) is 4.14. The number of ketones is 1. The number of fused-ring (bicyclic) bond motifs is 3. The van der Waals surface area contributed by atoms with E-state index in [9.17, 15) is 4.79 Å². The number of ether oxygens (including phenoxy) is 1. The Balaban J connectivity index is 1.97. The van der Waals surface area contributed by atoms with E-state index in [1.807, 2.05) is 12.1 Å². The van der Waals surface area contributed by atoms with Crippen LogP contribution in [0.15, 0.2) is 18.2 Å². The number of hydrogen-bond acceptors (Lipinski definition) is 4. The summed E-state index contributed by atoms with van der Waals surface area (Å²) < 4.78 is 5.26. The van der Waals surface area contributed by atoms with E-state index in [1.165, 1.54) is 0 Å². The fraction of sp³-hybridized carbons (Fsp3) is 0.611. The van der Waals surface area contributed by atoms with Crippen molar-refractivity contribution in [1.82, 2.24) is 4.90 Å². The molecule has 22 heavy (non-hydrogen) atoms. The predicted octanol–water partition coefficient (Wildman–Crippen LogP) is 3.03. The standard InChI is InChI=1S/C18H26N2O2/c1-11(2)10-20-13-5-6-14(16(21)9-13)18(20)12-4-7-17(22-3)15(19)8-12/h4,7-8,11,13-14,18H,5-6,9-10,19H2,1-3H3. The molecule has 4 nitrogen and oxygen atoms in total. The Kier molecular flexibility index (Phi) is 4.13. The molecule has 3 atom stereocenters. The lowest BCUT2D eigenvalue weighted by Gasteiger charge is -2.51. The van der Waals surface area contributed by atoms with E-state index in [4.69, 9.17) is 10.5 Å². The van der Waals surface area contributed by atoms with Gasteiger partial charge < -0.3 is 10.5 Å². The first kappa shape index (κ1) is 15.3. The summed E-state index contributed by atoms with van der Waals surface area (Å²) in [6, 6.07) is 6.56. The molecule has 1 aromatic rings. The van der Waals surface area contributed by atoms with Crippen LogP contribution in [0.4, 0.5) is 5.69 Å². The van der Waals surface area contributed by atoms with Gasteiger partial charge in [-0.1, -0.05) is 19.9 Å². The third-order valence-electron chi connectivity index (χ3n) is 5.04. The molecule has 2 bridgehead atoms. The molecular weight excluding hydrogens is 276 g/mol. The van der Waals surface area contributed by atoms with Gasteiger partial charge in [0.1, 0.15) is 11.5 Å². The molecule has 2 heterocycles. The van der Waals surface area contributed by atoms with Crippen molar-refractivity contribution in [3.05, 3.63) is 23.8 Å². The van der Waals surface area contributed by atoms with Gasteiger partial charge in [0.2, 0.25) is 0 Å². The second-order valence-electron chi connectivity index (χ2n) is 7.04. The smallest absolute Gasteiger partial charge is 0.141 e. The van der Waals surface area contributed by atoms with Gasteiger partial charge in [0, 0.05) is 31.0 Å². The Labute approximate surface area is 132 Å². The molecular formula is C18H26N2O2. The zero-order valence-corrected chi connectivity index (χ0v) is 13.7. The molecule has 4 rings (SSSR count). The number of benzene rings is 1. The van der Waals surface area contributed by atoms with Gasteiger partial charge >= 0.3 is 0 Å². The van der Waals surface area contributed by atoms with Crippen molar-refractivity contribution in [3.8, 4) is 5.75 Å². The predicted molar refractivity (Wildman–Crippen MR) is 87.8 cm³/mol. The van der Waals surface area contributed by atoms with Crippen molar-refractivity contribution < 1.29 is 9.53 Å². The van der Waals surface area contributed by atoms with Crippen LogP contribution in [-0.4, -0.2) is 30.4 Å². The fourth-order valence-electron chi connectivity index (χ4n) is 4.14. The number of nitrogens with zero attached hydrogens (tertiary/aromatic N) is 1. The van der Waals surface area contributed by atoms with Crippen LogP contribution in [0.5, 0.6) is 5.75 Å². The van der Waals surface area contributed by atoms with Crippen LogP contribution >= 0.6 is 0 Å². The number of anilines is 1. The molecule has 0 spiro atoms. The summed E-state index contributed by atoms with van der Waals surface area (Å²) >= 11 is 0. The first-order valence-electron chi connectivity index (χ1n) is 8.23. The van der Waals surface area contributed by atoms with E-state index in [0.29, 0.717) is 29.2 Å². The highest BCUT2D eigenvalue weighted by Crippen LogP contribution is 2.46. The van der Waals surface area contributed by atoms with Crippen LogP contribution in [0.2, 0.25) is 0 Å². The van der Waals surface area contributed by atoms with Crippen LogP contribution in [0.25, 0.3) is 0 Å². The van der Waals surface area contributed by atoms with Crippen LogP contribution in [0.1, 0.15) is 44.7 Å². The average Bonchev–Trinajstić information content (AvgIpc) is 2.47. The summed E-state index contributed by atoms with van der Waals surface area (Å²) in [7, 11) is 1.63. The molecule has 0 radical (unpaired) electrons. The average molecular weight is 302 g/mol. The summed E-state index contributed by atoms with van der Waals surface area (Å²) in [6.45, 7) is 5.51. The third kappa shape index (κ3) is 2.60. The maximum Gasteiger partial charge on any atom is 0.141 e. The van der Waals surface area contributed by atoms with Gasteiger partial charge in [0.25, 0.3) is 0 Å². The van der Waals surface area contributed by atoms with Gasteiger partial charge in [0.15, 0.2) is 0 Å². The van der Waals surface area contributed by atoms with E-state index in [2.05, 4.69) is 24.8 Å². The highest BCUT2D eigenvalue weighted by Gasteiger charge is 2.47. The number of hydrogen-bond donors (Lipinski definition) is 1. The lowest BCUT2D eigenvalue weighted by molar-refractivity contribution is -0.138. The van der Waals surface area contributed by atoms with Crippen LogP contribution in [0, 0.1) is 11.8 Å². The topological polar surface area (TPSA) is 55.6 Å². The Morgan fingerprint density at radius 1 is 1.36 bits per heavy atom. The quantitative estimate of drug-likeness (QED) is 0.869. The maximum atomic E-state index is 12.4. The van der Waals surface area contributed by atoms with Gasteiger partial charge in [0.05, 0.1) is 12.8 Å². The van der Waals surface area contributed by atoms with E-state index >= 15 is 0 Å². The maximum absolute atomic E-state index is 12.4. The Hall–Kier alpha value is -1.55. The normalized spacial score (nSPS) is 28.4. The summed E-state index contributed by atoms with van der Waals surface area (Å²) in [5.74, 6) is 1.84. The molecule has 3 unspecified atom stereocenters. The molecule has 2 saturated heterocycles. The minimum absolute atomic E-state index is 0.122. The molecule has 1 aromatic carbocycles. The van der Waals surface area contributed by atoms with Crippen LogP contribution < -0.4 is 10.5 Å². The summed E-state index contributed by atoms with van der Waals surface area (Å²) in [5, 5.41) is 0. The van der Waals surface area contributed by atoms with Crippen molar-refractivity contribution in [2.75, 3.05) is 19.4 Å². The number of piperidine rings is 2. The number of rotatable bonds is 4. The minimum Gasteiger partial charge on any atom is -0.495 e. The van der Waals surface area contributed by atoms with E-state index in [-0.39, 0.29) is 12.0 Å². The Bertz CT molecular complexity index is 570. The first-order chi connectivity index (χ1) is 10.5. The lowest BCUT2D eigenvalue weighted by atomic mass is 9.71. The molecule has 0 amide bonds. The largest absolute Gasteiger partial charge is 0.495 e. The lowest BCUT2D eigenvalue weighted by Crippen LogP contribution is -2.55. The number of nitrogens with two attached hydrogens (primary N) is 1. The molecule has 1 aliphatic carbocycles. The zero-order chi connectivity index (χ0) is 15.9. The highest BCUT2D eigenvalue weighted by atomic mass is 16.5. The summed E-state index contributed by atoms with van der Waals surface area (Å²) in [5.41, 5.74) is 7.90. The second-order valence-corrected chi connectivity index (χ2v) is 7.04. The third-order valence-corrected chi connectivity index (χ3v) is 5.04. The van der Waals surface area contributed by atoms with Gasteiger partial charge in [-0.3, -0.25) is 9.69 Å². The van der Waals surface area contributed by atoms with Crippen LogP contribution in [0.3, 0.4) is 0 Å². The van der Waals surface area contributed by atoms with Crippen molar-refractivity contribution >= 4 is 11.5 Å².